The summed E-state index contributed by atoms with van der Waals surface area (Å²) in [4.78, 5) is 9.60. The number of terminal acetylenes is 1. The minimum Gasteiger partial charge on any atom is -0.348 e. The third-order valence-electron chi connectivity index (χ3n) is 7.45. The minimum atomic E-state index is -5.07. The predicted molar refractivity (Wildman–Crippen MR) is 193 cm³/mol. The second-order valence-corrected chi connectivity index (χ2v) is 21.7. The van der Waals surface area contributed by atoms with Gasteiger partial charge in [-0.15, -0.1) is 24.8 Å². The van der Waals surface area contributed by atoms with Crippen LogP contribution in [0.1, 0.15) is 55.3 Å². The van der Waals surface area contributed by atoms with Gasteiger partial charge < -0.3 is 4.90 Å². The van der Waals surface area contributed by atoms with Crippen molar-refractivity contribution >= 4 is 61.4 Å². The van der Waals surface area contributed by atoms with Gasteiger partial charge in [0, 0.05) is 40.4 Å². The summed E-state index contributed by atoms with van der Waals surface area (Å²) in [5.41, 5.74) is 4.12. The van der Waals surface area contributed by atoms with Gasteiger partial charge in [-0.2, -0.15) is 16.8 Å². The summed E-state index contributed by atoms with van der Waals surface area (Å²) < 4.78 is 102. The maximum absolute atomic E-state index is 14.0. The van der Waals surface area contributed by atoms with E-state index in [9.17, 15) is 33.4 Å². The number of rotatable bonds is 6. The van der Waals surface area contributed by atoms with Crippen LogP contribution in [0.2, 0.25) is 19.6 Å². The molecule has 0 N–H and O–H groups in total. The van der Waals surface area contributed by atoms with E-state index in [1.54, 1.807) is 6.07 Å². The molecule has 272 valence electrons. The first-order valence-electron chi connectivity index (χ1n) is 15.4. The van der Waals surface area contributed by atoms with E-state index >= 15 is 0 Å². The fraction of sp³-hybridized carbons (Fsp3) is 0.394. The van der Waals surface area contributed by atoms with Crippen LogP contribution in [0.15, 0.2) is 46.2 Å². The van der Waals surface area contributed by atoms with E-state index in [1.807, 2.05) is 20.8 Å². The third-order valence-corrected chi connectivity index (χ3v) is 10.7. The SMILES string of the molecule is C#Cc1cccc(S(=O)(=O)F)c1Cn1nnc2c(N3CCC(F)(F)C3)nc(C(C)(C)C)nc21.C[Si](C)(C)C#Cc1cccc(S(=O)(=O)F)c1CBr. The van der Waals surface area contributed by atoms with Crippen molar-refractivity contribution in [2.24, 2.45) is 0 Å². The molecule has 4 aromatic rings. The van der Waals surface area contributed by atoms with Crippen molar-refractivity contribution in [1.29, 1.82) is 0 Å². The highest BCUT2D eigenvalue weighted by Gasteiger charge is 2.40. The van der Waals surface area contributed by atoms with Gasteiger partial charge in [0.1, 0.15) is 23.7 Å². The Morgan fingerprint density at radius 1 is 0.961 bits per heavy atom. The van der Waals surface area contributed by atoms with Crippen molar-refractivity contribution < 1.29 is 33.4 Å². The molecule has 1 aliphatic rings. The summed E-state index contributed by atoms with van der Waals surface area (Å²) >= 11 is 3.18. The molecule has 51 heavy (non-hydrogen) atoms. The van der Waals surface area contributed by atoms with Crippen molar-refractivity contribution in [1.82, 2.24) is 25.0 Å². The van der Waals surface area contributed by atoms with E-state index in [-0.39, 0.29) is 57.8 Å². The van der Waals surface area contributed by atoms with Crippen molar-refractivity contribution in [2.45, 2.75) is 79.8 Å². The smallest absolute Gasteiger partial charge is 0.332 e. The van der Waals surface area contributed by atoms with Gasteiger partial charge in [0.2, 0.25) is 0 Å². The summed E-state index contributed by atoms with van der Waals surface area (Å²) in [7, 11) is -11.3. The van der Waals surface area contributed by atoms with Crippen molar-refractivity contribution in [2.75, 3.05) is 18.0 Å². The maximum atomic E-state index is 14.0. The highest BCUT2D eigenvalue weighted by atomic mass is 79.9. The van der Waals surface area contributed by atoms with Gasteiger partial charge in [-0.05, 0) is 29.8 Å². The lowest BCUT2D eigenvalue weighted by atomic mass is 9.96. The van der Waals surface area contributed by atoms with Crippen molar-refractivity contribution in [3.05, 3.63) is 64.5 Å². The molecule has 1 fully saturated rings. The fourth-order valence-electron chi connectivity index (χ4n) is 4.97. The van der Waals surface area contributed by atoms with Gasteiger partial charge in [0.05, 0.1) is 13.1 Å². The second kappa shape index (κ2) is 14.6. The number of halogens is 5. The van der Waals surface area contributed by atoms with Crippen LogP contribution in [-0.4, -0.2) is 68.9 Å². The molecule has 1 saturated heterocycles. The molecule has 0 spiro atoms. The largest absolute Gasteiger partial charge is 0.348 e. The standard InChI is InChI=1S/C21H21F3N6O2S.C12H14BrFO2SSi/c1-5-13-7-6-8-15(33(24,31)32)14(13)11-30-18-16(27-28-30)17(25-19(26-18)20(2,3)4)29-10-9-21(22,23)12-29;1-18(2,3)8-7-10-5-4-6-12(11(10)9-13)17(14,15)16/h1,6-8H,9-12H2,2-4H3;4-6H,9H2,1-3H3. The Bertz CT molecular complexity index is 2310. The molecule has 0 aliphatic carbocycles. The molecule has 3 heterocycles. The van der Waals surface area contributed by atoms with Gasteiger partial charge in [0.15, 0.2) is 17.0 Å². The zero-order chi connectivity index (χ0) is 38.2. The summed E-state index contributed by atoms with van der Waals surface area (Å²) in [6, 6.07) is 8.40. The van der Waals surface area contributed by atoms with E-state index < -0.39 is 51.3 Å². The van der Waals surface area contributed by atoms with Gasteiger partial charge in [-0.25, -0.2) is 23.4 Å². The lowest BCUT2D eigenvalue weighted by Crippen LogP contribution is -2.27. The zero-order valence-corrected chi connectivity index (χ0v) is 32.8. The van der Waals surface area contributed by atoms with Crippen LogP contribution in [-0.2, 0) is 37.7 Å². The monoisotopic (exact) mass is 826 g/mol. The minimum absolute atomic E-state index is 0.0134. The second-order valence-electron chi connectivity index (χ2n) is 13.8. The lowest BCUT2D eigenvalue weighted by molar-refractivity contribution is 0.0257. The molecule has 0 amide bonds. The fourth-order valence-corrected chi connectivity index (χ4v) is 7.69. The maximum Gasteiger partial charge on any atom is 0.332 e. The van der Waals surface area contributed by atoms with Crippen LogP contribution >= 0.6 is 15.9 Å². The topological polar surface area (TPSA) is 128 Å². The molecular formula is C33H35BrF4N6O4S2Si. The summed E-state index contributed by atoms with van der Waals surface area (Å²) in [5, 5.41) is 8.38. The van der Waals surface area contributed by atoms with E-state index in [4.69, 9.17) is 6.42 Å². The van der Waals surface area contributed by atoms with Crippen molar-refractivity contribution in [3.8, 4) is 23.8 Å². The molecule has 0 bridgehead atoms. The molecule has 0 radical (unpaired) electrons. The Hall–Kier alpha value is -3.84. The van der Waals surface area contributed by atoms with Gasteiger partial charge in [0.25, 0.3) is 5.92 Å². The lowest BCUT2D eigenvalue weighted by Gasteiger charge is -2.22. The van der Waals surface area contributed by atoms with Gasteiger partial charge >= 0.3 is 20.4 Å². The predicted octanol–water partition coefficient (Wildman–Crippen LogP) is 6.52. The molecule has 0 unspecified atom stereocenters. The quantitative estimate of drug-likeness (QED) is 0.0702. The number of hydrogen-bond donors (Lipinski definition) is 0. The average Bonchev–Trinajstić information content (AvgIpc) is 3.60. The number of nitrogens with zero attached hydrogens (tertiary/aromatic N) is 6. The molecule has 0 atom stereocenters. The van der Waals surface area contributed by atoms with Gasteiger partial charge in [-0.1, -0.05) is 85.5 Å². The number of hydrogen-bond acceptors (Lipinski definition) is 9. The Morgan fingerprint density at radius 3 is 2.04 bits per heavy atom. The first-order valence-corrected chi connectivity index (χ1v) is 22.8. The zero-order valence-electron chi connectivity index (χ0n) is 28.6. The van der Waals surface area contributed by atoms with Crippen LogP contribution < -0.4 is 4.90 Å². The molecule has 10 nitrogen and oxygen atoms in total. The average molecular weight is 828 g/mol. The molecular weight excluding hydrogens is 793 g/mol. The first-order chi connectivity index (χ1) is 23.4. The van der Waals surface area contributed by atoms with E-state index in [0.29, 0.717) is 17.0 Å². The summed E-state index contributed by atoms with van der Waals surface area (Å²) in [6.07, 6.45) is 5.19. The van der Waals surface area contributed by atoms with E-state index in [0.717, 1.165) is 6.07 Å². The summed E-state index contributed by atoms with van der Waals surface area (Å²) in [6.45, 7) is 11.2. The van der Waals surface area contributed by atoms with Crippen LogP contribution in [0.25, 0.3) is 11.2 Å². The molecule has 2 aromatic carbocycles. The molecule has 2 aromatic heterocycles. The highest BCUT2D eigenvalue weighted by molar-refractivity contribution is 9.08. The van der Waals surface area contributed by atoms with E-state index in [2.05, 4.69) is 73.2 Å². The Balaban J connectivity index is 0.000000275. The Morgan fingerprint density at radius 2 is 1.55 bits per heavy atom. The van der Waals surface area contributed by atoms with Crippen LogP contribution in [0.3, 0.4) is 0 Å². The Kier molecular flexibility index (Phi) is 11.5. The van der Waals surface area contributed by atoms with Crippen LogP contribution in [0.5, 0.6) is 0 Å². The number of anilines is 1. The third kappa shape index (κ3) is 9.73. The van der Waals surface area contributed by atoms with Crippen molar-refractivity contribution in [3.63, 3.8) is 0 Å². The number of alkyl halides is 3. The Labute approximate surface area is 304 Å². The number of benzene rings is 2. The highest BCUT2D eigenvalue weighted by Crippen LogP contribution is 2.34. The molecule has 18 heteroatoms. The number of fused-ring (bicyclic) bond motifs is 1. The van der Waals surface area contributed by atoms with E-state index in [1.165, 1.54) is 33.8 Å². The molecule has 1 aliphatic heterocycles. The first kappa shape index (κ1) is 39.9. The summed E-state index contributed by atoms with van der Waals surface area (Å²) in [5.74, 6) is 3.05. The molecule has 0 saturated carbocycles. The molecule has 5 rings (SSSR count). The normalized spacial score (nSPS) is 14.7. The number of aromatic nitrogens is 5. The van der Waals surface area contributed by atoms with Crippen LogP contribution in [0.4, 0.5) is 22.4 Å². The van der Waals surface area contributed by atoms with Gasteiger partial charge in [-0.3, -0.25) is 0 Å². The van der Waals surface area contributed by atoms with Crippen LogP contribution in [0, 0.1) is 23.8 Å².